The summed E-state index contributed by atoms with van der Waals surface area (Å²) in [5.41, 5.74) is 0. The lowest BCUT2D eigenvalue weighted by molar-refractivity contribution is -0.161. The summed E-state index contributed by atoms with van der Waals surface area (Å²) < 4.78 is 39.2. The van der Waals surface area contributed by atoms with Gasteiger partial charge in [-0.2, -0.15) is 0 Å². The SMILES string of the molecule is CC/C=C\C/C=C\C/C=C\C/C=C\CCC(=O)OC(COC(=O)CCCCCCC/C=C\C/C=C\CCCCC)COP(=O)(O)OCC(CO)OC(=O)CCCCCCCCCCCCC. The molecule has 0 aliphatic carbocycles. The molecular weight excluding hydrogens is 856 g/mol. The van der Waals surface area contributed by atoms with Gasteiger partial charge in [-0.1, -0.05) is 190 Å². The minimum absolute atomic E-state index is 0.0423. The molecule has 0 aliphatic rings. The molecule has 66 heavy (non-hydrogen) atoms. The van der Waals surface area contributed by atoms with Gasteiger partial charge in [0.15, 0.2) is 6.10 Å². The van der Waals surface area contributed by atoms with Crippen LogP contribution in [0.5, 0.6) is 0 Å². The first-order valence-corrected chi connectivity index (χ1v) is 27.3. The van der Waals surface area contributed by atoms with Crippen LogP contribution in [0.15, 0.2) is 72.9 Å². The van der Waals surface area contributed by atoms with Crippen LogP contribution in [-0.4, -0.2) is 66.5 Å². The first-order valence-electron chi connectivity index (χ1n) is 25.8. The van der Waals surface area contributed by atoms with Crippen molar-refractivity contribution in [3.8, 4) is 0 Å². The molecule has 0 aromatic heterocycles. The minimum atomic E-state index is -4.76. The van der Waals surface area contributed by atoms with Crippen LogP contribution in [0.2, 0.25) is 0 Å². The molecule has 0 heterocycles. The number of carbonyl (C=O) groups is 3. The van der Waals surface area contributed by atoms with E-state index in [1.165, 1.54) is 64.2 Å². The third-order valence-corrected chi connectivity index (χ3v) is 11.6. The maximum absolute atomic E-state index is 12.8. The number of aliphatic hydroxyl groups is 1. The summed E-state index contributed by atoms with van der Waals surface area (Å²) in [4.78, 5) is 48.2. The third kappa shape index (κ3) is 46.0. The zero-order valence-electron chi connectivity index (χ0n) is 41.6. The van der Waals surface area contributed by atoms with Crippen LogP contribution in [0.25, 0.3) is 0 Å². The van der Waals surface area contributed by atoms with Crippen molar-refractivity contribution in [1.82, 2.24) is 0 Å². The van der Waals surface area contributed by atoms with Gasteiger partial charge in [0.1, 0.15) is 12.7 Å². The predicted octanol–water partition coefficient (Wildman–Crippen LogP) is 14.6. The molecule has 12 heteroatoms. The number of unbranched alkanes of at least 4 members (excludes halogenated alkanes) is 18. The molecule has 380 valence electrons. The van der Waals surface area contributed by atoms with Crippen molar-refractivity contribution in [2.75, 3.05) is 26.4 Å². The lowest BCUT2D eigenvalue weighted by atomic mass is 10.1. The van der Waals surface area contributed by atoms with Crippen LogP contribution >= 0.6 is 7.82 Å². The third-order valence-electron chi connectivity index (χ3n) is 10.6. The highest BCUT2D eigenvalue weighted by Crippen LogP contribution is 2.43. The standard InChI is InChI=1S/C54H93O11P/c1-4-7-10-13-16-19-22-24-25-27-29-31-34-37-40-43-52(56)61-47-51(65-54(58)45-42-39-36-33-30-26-23-20-17-14-11-8-5-2)49-63-66(59,60)62-48-50(46-55)64-53(57)44-41-38-35-32-28-21-18-15-12-9-6-3/h8,11,16-17,19-20,24-26,30,36,39,50-51,55H,4-7,9-10,12-15,18,21-23,27-29,31-35,37-38,40-49H2,1-3H3,(H,59,60)/b11-8-,19-16-,20-17-,25-24-,30-26-,39-36-. The number of aliphatic hydroxyl groups excluding tert-OH is 1. The highest BCUT2D eigenvalue weighted by molar-refractivity contribution is 7.47. The largest absolute Gasteiger partial charge is 0.472 e. The molecule has 0 saturated heterocycles. The summed E-state index contributed by atoms with van der Waals surface area (Å²) in [6, 6.07) is 0. The Kier molecular flexibility index (Phi) is 46.1. The van der Waals surface area contributed by atoms with Gasteiger partial charge in [-0.15, -0.1) is 0 Å². The van der Waals surface area contributed by atoms with Crippen molar-refractivity contribution in [2.45, 2.75) is 226 Å². The monoisotopic (exact) mass is 949 g/mol. The van der Waals surface area contributed by atoms with Crippen molar-refractivity contribution in [1.29, 1.82) is 0 Å². The predicted molar refractivity (Wildman–Crippen MR) is 270 cm³/mol. The van der Waals surface area contributed by atoms with Crippen LogP contribution < -0.4 is 0 Å². The van der Waals surface area contributed by atoms with E-state index in [0.29, 0.717) is 19.3 Å². The molecule has 11 nitrogen and oxygen atoms in total. The van der Waals surface area contributed by atoms with Crippen molar-refractivity contribution in [3.05, 3.63) is 72.9 Å². The second-order valence-corrected chi connectivity index (χ2v) is 18.4. The smallest absolute Gasteiger partial charge is 0.462 e. The summed E-state index contributed by atoms with van der Waals surface area (Å²) in [5, 5.41) is 9.76. The van der Waals surface area contributed by atoms with Crippen molar-refractivity contribution < 1.29 is 52.2 Å². The van der Waals surface area contributed by atoms with Gasteiger partial charge in [-0.3, -0.25) is 23.4 Å². The molecule has 0 saturated carbocycles. The van der Waals surface area contributed by atoms with Gasteiger partial charge >= 0.3 is 25.7 Å². The van der Waals surface area contributed by atoms with Gasteiger partial charge in [-0.05, 0) is 77.0 Å². The molecule has 0 amide bonds. The Morgan fingerprint density at radius 2 is 0.818 bits per heavy atom. The van der Waals surface area contributed by atoms with Crippen LogP contribution in [0, 0.1) is 0 Å². The van der Waals surface area contributed by atoms with E-state index in [2.05, 4.69) is 81.5 Å². The molecule has 2 N–H and O–H groups in total. The van der Waals surface area contributed by atoms with E-state index >= 15 is 0 Å². The van der Waals surface area contributed by atoms with E-state index in [-0.39, 0.29) is 25.9 Å². The van der Waals surface area contributed by atoms with E-state index in [4.69, 9.17) is 23.3 Å². The Morgan fingerprint density at radius 3 is 1.33 bits per heavy atom. The van der Waals surface area contributed by atoms with Gasteiger partial charge in [0.25, 0.3) is 0 Å². The fourth-order valence-electron chi connectivity index (χ4n) is 6.69. The Hall–Kier alpha value is -3.08. The molecule has 0 rings (SSSR count). The first kappa shape index (κ1) is 62.9. The maximum atomic E-state index is 12.8. The second kappa shape index (κ2) is 48.4. The average Bonchev–Trinajstić information content (AvgIpc) is 3.30. The molecule has 0 aliphatic heterocycles. The van der Waals surface area contributed by atoms with E-state index in [1.807, 2.05) is 12.2 Å². The highest BCUT2D eigenvalue weighted by atomic mass is 31.2. The first-order chi connectivity index (χ1) is 32.2. The summed E-state index contributed by atoms with van der Waals surface area (Å²) in [6.07, 6.45) is 51.8. The lowest BCUT2D eigenvalue weighted by Gasteiger charge is -2.21. The second-order valence-electron chi connectivity index (χ2n) is 17.0. The molecule has 0 aromatic rings. The van der Waals surface area contributed by atoms with Crippen LogP contribution in [-0.2, 0) is 42.2 Å². The number of hydrogen-bond donors (Lipinski definition) is 2. The number of hydrogen-bond acceptors (Lipinski definition) is 10. The fraction of sp³-hybridized carbons (Fsp3) is 0.722. The van der Waals surface area contributed by atoms with Crippen LogP contribution in [0.4, 0.5) is 0 Å². The fourth-order valence-corrected chi connectivity index (χ4v) is 7.48. The number of esters is 3. The Morgan fingerprint density at radius 1 is 0.439 bits per heavy atom. The topological polar surface area (TPSA) is 155 Å². The van der Waals surface area contributed by atoms with E-state index in [9.17, 15) is 28.9 Å². The number of phosphoric acid groups is 1. The molecular formula is C54H93O11P. The number of rotatable bonds is 47. The lowest BCUT2D eigenvalue weighted by Crippen LogP contribution is -2.30. The number of phosphoric ester groups is 1. The van der Waals surface area contributed by atoms with Crippen LogP contribution in [0.1, 0.15) is 213 Å². The number of ether oxygens (including phenoxy) is 3. The van der Waals surface area contributed by atoms with E-state index in [1.54, 1.807) is 0 Å². The van der Waals surface area contributed by atoms with Gasteiger partial charge in [0.05, 0.1) is 19.8 Å². The zero-order chi connectivity index (χ0) is 48.4. The minimum Gasteiger partial charge on any atom is -0.462 e. The summed E-state index contributed by atoms with van der Waals surface area (Å²) in [6.45, 7) is 4.38. The average molecular weight is 949 g/mol. The molecule has 0 fully saturated rings. The van der Waals surface area contributed by atoms with E-state index in [0.717, 1.165) is 89.9 Å². The van der Waals surface area contributed by atoms with Gasteiger partial charge in [0.2, 0.25) is 0 Å². The van der Waals surface area contributed by atoms with Crippen molar-refractivity contribution in [3.63, 3.8) is 0 Å². The number of carbonyl (C=O) groups excluding carboxylic acids is 3. The van der Waals surface area contributed by atoms with Crippen molar-refractivity contribution >= 4 is 25.7 Å². The molecule has 0 aromatic carbocycles. The van der Waals surface area contributed by atoms with Gasteiger partial charge in [-0.25, -0.2) is 4.57 Å². The molecule has 3 unspecified atom stereocenters. The molecule has 0 radical (unpaired) electrons. The highest BCUT2D eigenvalue weighted by Gasteiger charge is 2.28. The summed E-state index contributed by atoms with van der Waals surface area (Å²) >= 11 is 0. The Bertz CT molecular complexity index is 1390. The number of allylic oxidation sites excluding steroid dienone is 12. The normalized spacial score (nSPS) is 14.1. The maximum Gasteiger partial charge on any atom is 0.472 e. The molecule has 0 bridgehead atoms. The Balaban J connectivity index is 4.84. The van der Waals surface area contributed by atoms with Crippen molar-refractivity contribution in [2.24, 2.45) is 0 Å². The summed E-state index contributed by atoms with van der Waals surface area (Å²) in [5.74, 6) is -1.58. The van der Waals surface area contributed by atoms with Crippen LogP contribution in [0.3, 0.4) is 0 Å². The molecule has 3 atom stereocenters. The molecule has 0 spiro atoms. The van der Waals surface area contributed by atoms with Gasteiger partial charge in [0, 0.05) is 19.3 Å². The summed E-state index contributed by atoms with van der Waals surface area (Å²) in [7, 11) is -4.76. The zero-order valence-corrected chi connectivity index (χ0v) is 42.5. The quantitative estimate of drug-likeness (QED) is 0.0197. The van der Waals surface area contributed by atoms with E-state index < -0.39 is 57.8 Å². The Labute approximate surface area is 401 Å². The van der Waals surface area contributed by atoms with Gasteiger partial charge < -0.3 is 24.2 Å².